The van der Waals surface area contributed by atoms with Crippen molar-refractivity contribution in [2.75, 3.05) is 13.2 Å². The van der Waals surface area contributed by atoms with E-state index in [1.807, 2.05) is 6.92 Å². The van der Waals surface area contributed by atoms with Gasteiger partial charge in [-0.3, -0.25) is 9.59 Å². The number of rotatable bonds is 5. The Bertz CT molecular complexity index is 352. The third-order valence-electron chi connectivity index (χ3n) is 4.65. The monoisotopic (exact) mass is 268 g/mol. The first kappa shape index (κ1) is 14.4. The molecular weight excluding hydrogens is 244 g/mol. The highest BCUT2D eigenvalue weighted by Crippen LogP contribution is 2.60. The van der Waals surface area contributed by atoms with E-state index in [0.29, 0.717) is 5.92 Å². The van der Waals surface area contributed by atoms with Gasteiger partial charge in [0.25, 0.3) is 0 Å². The lowest BCUT2D eigenvalue weighted by Gasteiger charge is -2.15. The molecule has 0 saturated heterocycles. The van der Waals surface area contributed by atoms with Crippen LogP contribution in [0.4, 0.5) is 0 Å². The van der Waals surface area contributed by atoms with E-state index in [-0.39, 0.29) is 31.1 Å². The summed E-state index contributed by atoms with van der Waals surface area (Å²) >= 11 is 0. The molecule has 2 saturated carbocycles. The Kier molecular flexibility index (Phi) is 4.48. The van der Waals surface area contributed by atoms with E-state index >= 15 is 0 Å². The van der Waals surface area contributed by atoms with Crippen LogP contribution in [0.25, 0.3) is 0 Å². The Morgan fingerprint density at radius 1 is 1.16 bits per heavy atom. The summed E-state index contributed by atoms with van der Waals surface area (Å²) in [7, 11) is 0. The van der Waals surface area contributed by atoms with Crippen LogP contribution in [-0.4, -0.2) is 25.2 Å². The lowest BCUT2D eigenvalue weighted by atomic mass is 9.91. The van der Waals surface area contributed by atoms with Crippen molar-refractivity contribution in [2.45, 2.75) is 40.0 Å². The standard InChI is InChI=1S/C15H24O4/c1-9-4-5-12-13(8-9)14(12)10(2)15(17)19-7-6-18-11(3)16/h9-10,12-14H,4-8H2,1-3H3/t9?,10?,12-,13-,14?/m0/s1. The van der Waals surface area contributed by atoms with Gasteiger partial charge in [0.05, 0.1) is 5.92 Å². The van der Waals surface area contributed by atoms with Crippen LogP contribution in [0.5, 0.6) is 0 Å². The summed E-state index contributed by atoms with van der Waals surface area (Å²) in [5.74, 6) is 2.31. The van der Waals surface area contributed by atoms with E-state index in [4.69, 9.17) is 9.47 Å². The Balaban J connectivity index is 1.70. The number of carbonyl (C=O) groups is 2. The quantitative estimate of drug-likeness (QED) is 0.567. The molecule has 4 nitrogen and oxygen atoms in total. The van der Waals surface area contributed by atoms with E-state index in [0.717, 1.165) is 17.8 Å². The van der Waals surface area contributed by atoms with Gasteiger partial charge >= 0.3 is 11.9 Å². The largest absolute Gasteiger partial charge is 0.462 e. The molecule has 0 aromatic carbocycles. The van der Waals surface area contributed by atoms with Gasteiger partial charge in [0.1, 0.15) is 13.2 Å². The van der Waals surface area contributed by atoms with Crippen LogP contribution >= 0.6 is 0 Å². The normalized spacial score (nSPS) is 34.1. The molecule has 0 heterocycles. The number of fused-ring (bicyclic) bond motifs is 1. The topological polar surface area (TPSA) is 52.6 Å². The molecule has 0 N–H and O–H groups in total. The molecule has 5 atom stereocenters. The zero-order valence-corrected chi connectivity index (χ0v) is 12.1. The highest BCUT2D eigenvalue weighted by molar-refractivity contribution is 5.73. The molecule has 2 aliphatic rings. The molecule has 0 aromatic rings. The minimum atomic E-state index is -0.341. The minimum Gasteiger partial charge on any atom is -0.462 e. The molecule has 2 aliphatic carbocycles. The Morgan fingerprint density at radius 2 is 1.84 bits per heavy atom. The fraction of sp³-hybridized carbons (Fsp3) is 0.867. The van der Waals surface area contributed by atoms with E-state index in [2.05, 4.69) is 6.92 Å². The zero-order chi connectivity index (χ0) is 14.0. The Morgan fingerprint density at radius 3 is 2.47 bits per heavy atom. The van der Waals surface area contributed by atoms with Gasteiger partial charge in [-0.1, -0.05) is 20.3 Å². The summed E-state index contributed by atoms with van der Waals surface area (Å²) in [4.78, 5) is 22.5. The van der Waals surface area contributed by atoms with E-state index in [9.17, 15) is 9.59 Å². The van der Waals surface area contributed by atoms with Crippen LogP contribution in [-0.2, 0) is 19.1 Å². The average Bonchev–Trinajstić information content (AvgIpc) is 3.06. The van der Waals surface area contributed by atoms with Gasteiger partial charge in [-0.2, -0.15) is 0 Å². The van der Waals surface area contributed by atoms with Crippen LogP contribution in [0.3, 0.4) is 0 Å². The van der Waals surface area contributed by atoms with Crippen molar-refractivity contribution in [2.24, 2.45) is 29.6 Å². The number of carbonyl (C=O) groups excluding carboxylic acids is 2. The molecule has 0 radical (unpaired) electrons. The summed E-state index contributed by atoms with van der Waals surface area (Å²) in [6, 6.07) is 0. The van der Waals surface area contributed by atoms with Gasteiger partial charge in [0.15, 0.2) is 0 Å². The van der Waals surface area contributed by atoms with Crippen molar-refractivity contribution in [1.82, 2.24) is 0 Å². The van der Waals surface area contributed by atoms with Gasteiger partial charge in [0, 0.05) is 6.92 Å². The molecule has 2 rings (SSSR count). The van der Waals surface area contributed by atoms with Gasteiger partial charge in [-0.15, -0.1) is 0 Å². The Hall–Kier alpha value is -1.06. The van der Waals surface area contributed by atoms with Crippen LogP contribution in [0, 0.1) is 29.6 Å². The number of esters is 2. The summed E-state index contributed by atoms with van der Waals surface area (Å²) in [5.41, 5.74) is 0. The third-order valence-corrected chi connectivity index (χ3v) is 4.65. The molecule has 2 fully saturated rings. The van der Waals surface area contributed by atoms with Crippen molar-refractivity contribution < 1.29 is 19.1 Å². The van der Waals surface area contributed by atoms with E-state index < -0.39 is 0 Å². The number of hydrogen-bond acceptors (Lipinski definition) is 4. The zero-order valence-electron chi connectivity index (χ0n) is 12.1. The van der Waals surface area contributed by atoms with Crippen LogP contribution in [0.1, 0.15) is 40.0 Å². The van der Waals surface area contributed by atoms with Crippen LogP contribution in [0.15, 0.2) is 0 Å². The summed E-state index contributed by atoms with van der Waals surface area (Å²) in [5, 5.41) is 0. The van der Waals surface area contributed by atoms with Crippen molar-refractivity contribution in [3.63, 3.8) is 0 Å². The maximum Gasteiger partial charge on any atom is 0.309 e. The highest BCUT2D eigenvalue weighted by atomic mass is 16.6. The van der Waals surface area contributed by atoms with Crippen molar-refractivity contribution in [1.29, 1.82) is 0 Å². The number of ether oxygens (including phenoxy) is 2. The first-order chi connectivity index (χ1) is 9.00. The fourth-order valence-electron chi connectivity index (χ4n) is 3.63. The molecule has 19 heavy (non-hydrogen) atoms. The second-order valence-corrected chi connectivity index (χ2v) is 6.12. The minimum absolute atomic E-state index is 0.0161. The molecule has 0 bridgehead atoms. The maximum atomic E-state index is 11.9. The molecule has 4 heteroatoms. The van der Waals surface area contributed by atoms with E-state index in [1.165, 1.54) is 26.2 Å². The lowest BCUT2D eigenvalue weighted by Crippen LogP contribution is -2.20. The molecule has 0 aliphatic heterocycles. The SMILES string of the molecule is CC(=O)OCCOC(=O)C(C)C1[C@H]2CCC(C)C[C@H]12. The first-order valence-corrected chi connectivity index (χ1v) is 7.30. The molecule has 108 valence electrons. The lowest BCUT2D eigenvalue weighted by molar-refractivity contribution is -0.154. The maximum absolute atomic E-state index is 11.9. The average molecular weight is 268 g/mol. The van der Waals surface area contributed by atoms with Gasteiger partial charge in [-0.25, -0.2) is 0 Å². The molecule has 0 amide bonds. The fourth-order valence-corrected chi connectivity index (χ4v) is 3.63. The second-order valence-electron chi connectivity index (χ2n) is 6.12. The number of hydrogen-bond donors (Lipinski definition) is 0. The van der Waals surface area contributed by atoms with Gasteiger partial charge in [-0.05, 0) is 36.5 Å². The van der Waals surface area contributed by atoms with Crippen molar-refractivity contribution in [3.8, 4) is 0 Å². The molecule has 3 unspecified atom stereocenters. The first-order valence-electron chi connectivity index (χ1n) is 7.30. The summed E-state index contributed by atoms with van der Waals surface area (Å²) < 4.78 is 9.91. The summed E-state index contributed by atoms with van der Waals surface area (Å²) in [6.45, 7) is 5.94. The third kappa shape index (κ3) is 3.48. The van der Waals surface area contributed by atoms with Crippen molar-refractivity contribution in [3.05, 3.63) is 0 Å². The van der Waals surface area contributed by atoms with Crippen LogP contribution in [0.2, 0.25) is 0 Å². The predicted molar refractivity (Wildman–Crippen MR) is 70.2 cm³/mol. The second kappa shape index (κ2) is 5.93. The Labute approximate surface area is 114 Å². The highest BCUT2D eigenvalue weighted by Gasteiger charge is 2.55. The van der Waals surface area contributed by atoms with Crippen LogP contribution < -0.4 is 0 Å². The molecule has 0 spiro atoms. The van der Waals surface area contributed by atoms with Crippen molar-refractivity contribution >= 4 is 11.9 Å². The molecule has 0 aromatic heterocycles. The van der Waals surface area contributed by atoms with Gasteiger partial charge in [0.2, 0.25) is 0 Å². The van der Waals surface area contributed by atoms with E-state index in [1.54, 1.807) is 0 Å². The predicted octanol–water partition coefficient (Wildman–Crippen LogP) is 2.41. The van der Waals surface area contributed by atoms with Gasteiger partial charge < -0.3 is 9.47 Å². The smallest absolute Gasteiger partial charge is 0.309 e. The summed E-state index contributed by atoms with van der Waals surface area (Å²) in [6.07, 6.45) is 3.83. The molecular formula is C15H24O4.